The third kappa shape index (κ3) is 4.40. The van der Waals surface area contributed by atoms with E-state index in [-0.39, 0.29) is 17.2 Å². The summed E-state index contributed by atoms with van der Waals surface area (Å²) in [5, 5.41) is 13.3. The summed E-state index contributed by atoms with van der Waals surface area (Å²) in [5.41, 5.74) is 3.54. The number of benzene rings is 2. The molecule has 0 radical (unpaired) electrons. The lowest BCUT2D eigenvalue weighted by Crippen LogP contribution is -2.27. The fourth-order valence-corrected chi connectivity index (χ4v) is 6.62. The molecule has 0 aliphatic carbocycles. The number of carbonyl (C=O) groups excluding carboxylic acids is 1. The Morgan fingerprint density at radius 2 is 1.79 bits per heavy atom. The zero-order valence-corrected chi connectivity index (χ0v) is 20.4. The van der Waals surface area contributed by atoms with Crippen molar-refractivity contribution in [3.05, 3.63) is 60.2 Å². The number of anilines is 1. The van der Waals surface area contributed by atoms with Crippen molar-refractivity contribution < 1.29 is 13.2 Å². The van der Waals surface area contributed by atoms with Crippen LogP contribution in [0.1, 0.15) is 24.8 Å². The third-order valence-electron chi connectivity index (χ3n) is 5.97. The molecule has 10 heteroatoms. The number of hydrogen-bond acceptors (Lipinski definition) is 6. The van der Waals surface area contributed by atoms with Gasteiger partial charge in [-0.1, -0.05) is 30.0 Å². The first-order valence-electron chi connectivity index (χ1n) is 11.2. The number of nitrogens with zero attached hydrogens (tertiary/aromatic N) is 4. The Balaban J connectivity index is 1.21. The van der Waals surface area contributed by atoms with E-state index in [4.69, 9.17) is 0 Å². The van der Waals surface area contributed by atoms with Crippen LogP contribution in [0.2, 0.25) is 0 Å². The van der Waals surface area contributed by atoms with Gasteiger partial charge in [0.25, 0.3) is 0 Å². The molecule has 0 saturated carbocycles. The molecule has 0 spiro atoms. The number of aromatic nitrogens is 3. The number of para-hydroxylation sites is 1. The van der Waals surface area contributed by atoms with E-state index >= 15 is 0 Å². The Morgan fingerprint density at radius 1 is 1.06 bits per heavy atom. The molecule has 1 aliphatic heterocycles. The van der Waals surface area contributed by atoms with Crippen molar-refractivity contribution >= 4 is 49.9 Å². The van der Waals surface area contributed by atoms with Crippen molar-refractivity contribution in [2.75, 3.05) is 24.2 Å². The maximum Gasteiger partial charge on any atom is 0.243 e. The van der Waals surface area contributed by atoms with Crippen LogP contribution in [0, 0.1) is 6.92 Å². The van der Waals surface area contributed by atoms with Crippen LogP contribution in [0.4, 0.5) is 5.69 Å². The number of nitrogens with one attached hydrogen (secondary N) is 1. The number of fused-ring (bicyclic) bond motifs is 3. The second-order valence-electron chi connectivity index (χ2n) is 8.30. The van der Waals surface area contributed by atoms with Crippen LogP contribution in [0.15, 0.2) is 64.6 Å². The highest BCUT2D eigenvalue weighted by atomic mass is 32.2. The molecule has 1 saturated heterocycles. The van der Waals surface area contributed by atoms with Gasteiger partial charge in [0.2, 0.25) is 15.9 Å². The van der Waals surface area contributed by atoms with E-state index < -0.39 is 10.0 Å². The van der Waals surface area contributed by atoms with Crippen LogP contribution in [0.3, 0.4) is 0 Å². The van der Waals surface area contributed by atoms with Gasteiger partial charge in [0.15, 0.2) is 10.8 Å². The summed E-state index contributed by atoms with van der Waals surface area (Å²) in [5.74, 6) is 0.396. The lowest BCUT2D eigenvalue weighted by atomic mass is 10.1. The van der Waals surface area contributed by atoms with E-state index in [1.54, 1.807) is 24.3 Å². The molecule has 0 bridgehead atoms. The monoisotopic (exact) mass is 495 g/mol. The fourth-order valence-electron chi connectivity index (χ4n) is 4.21. The molecule has 1 amide bonds. The number of hydrogen-bond donors (Lipinski definition) is 1. The Kier molecular flexibility index (Phi) is 6.28. The molecule has 4 aromatic rings. The Bertz CT molecular complexity index is 1460. The largest absolute Gasteiger partial charge is 0.326 e. The molecule has 2 aromatic heterocycles. The van der Waals surface area contributed by atoms with Gasteiger partial charge in [-0.2, -0.15) is 4.31 Å². The van der Waals surface area contributed by atoms with E-state index in [9.17, 15) is 13.2 Å². The maximum atomic E-state index is 12.6. The highest BCUT2D eigenvalue weighted by molar-refractivity contribution is 7.99. The van der Waals surface area contributed by atoms with Crippen molar-refractivity contribution in [1.82, 2.24) is 18.9 Å². The summed E-state index contributed by atoms with van der Waals surface area (Å²) in [6.45, 7) is 3.19. The minimum Gasteiger partial charge on any atom is -0.326 e. The topological polar surface area (TPSA) is 96.7 Å². The van der Waals surface area contributed by atoms with Gasteiger partial charge in [0, 0.05) is 36.3 Å². The van der Waals surface area contributed by atoms with Gasteiger partial charge < -0.3 is 5.32 Å². The van der Waals surface area contributed by atoms with Crippen LogP contribution in [-0.2, 0) is 14.8 Å². The number of sulfonamides is 1. The summed E-state index contributed by atoms with van der Waals surface area (Å²) in [6.07, 6.45) is 2.08. The standard InChI is InChI=1S/C24H25N5O3S2/c1-17-16-22-26-27-24(29(22)21-7-3-2-6-20(17)21)33-15-12-23(30)25-18-8-10-19(11-9-18)34(31,32)28-13-4-5-14-28/h2-3,6-11,16H,4-5,12-15H2,1H3,(H,25,30). The minimum atomic E-state index is -3.46. The zero-order chi connectivity index (χ0) is 23.7. The SMILES string of the molecule is Cc1cc2nnc(SCCC(=O)Nc3ccc(S(=O)(=O)N4CCCC4)cc3)n2c2ccccc12. The minimum absolute atomic E-state index is 0.142. The van der Waals surface area contributed by atoms with Crippen LogP contribution >= 0.6 is 11.8 Å². The van der Waals surface area contributed by atoms with Gasteiger partial charge in [-0.3, -0.25) is 9.20 Å². The predicted molar refractivity (Wildman–Crippen MR) is 134 cm³/mol. The first kappa shape index (κ1) is 22.8. The number of pyridine rings is 1. The average molecular weight is 496 g/mol. The molecule has 34 heavy (non-hydrogen) atoms. The summed E-state index contributed by atoms with van der Waals surface area (Å²) in [7, 11) is -3.46. The van der Waals surface area contributed by atoms with E-state index in [1.807, 2.05) is 28.7 Å². The van der Waals surface area contributed by atoms with Crippen molar-refractivity contribution in [1.29, 1.82) is 0 Å². The summed E-state index contributed by atoms with van der Waals surface area (Å²) >= 11 is 1.48. The van der Waals surface area contributed by atoms with E-state index in [0.717, 1.165) is 40.1 Å². The third-order valence-corrected chi connectivity index (χ3v) is 8.82. The molecule has 1 N–H and O–H groups in total. The average Bonchev–Trinajstić information content (AvgIpc) is 3.51. The van der Waals surface area contributed by atoms with Gasteiger partial charge in [-0.15, -0.1) is 10.2 Å². The first-order chi connectivity index (χ1) is 16.4. The van der Waals surface area contributed by atoms with Gasteiger partial charge >= 0.3 is 0 Å². The Hall–Kier alpha value is -2.95. The summed E-state index contributed by atoms with van der Waals surface area (Å²) < 4.78 is 28.8. The lowest BCUT2D eigenvalue weighted by Gasteiger charge is -2.15. The molecule has 1 fully saturated rings. The lowest BCUT2D eigenvalue weighted by molar-refractivity contribution is -0.115. The smallest absolute Gasteiger partial charge is 0.243 e. The van der Waals surface area contributed by atoms with E-state index in [1.165, 1.54) is 16.1 Å². The van der Waals surface area contributed by atoms with E-state index in [0.29, 0.717) is 24.5 Å². The number of thioether (sulfide) groups is 1. The number of amides is 1. The number of carbonyl (C=O) groups is 1. The Morgan fingerprint density at radius 3 is 2.56 bits per heavy atom. The second-order valence-corrected chi connectivity index (χ2v) is 11.3. The summed E-state index contributed by atoms with van der Waals surface area (Å²) in [4.78, 5) is 12.7. The van der Waals surface area contributed by atoms with Gasteiger partial charge in [-0.05, 0) is 61.7 Å². The Labute approximate surface area is 202 Å². The normalized spacial score (nSPS) is 14.7. The molecule has 2 aromatic carbocycles. The highest BCUT2D eigenvalue weighted by Crippen LogP contribution is 2.26. The van der Waals surface area contributed by atoms with Crippen molar-refractivity contribution in [2.45, 2.75) is 36.2 Å². The van der Waals surface area contributed by atoms with Gasteiger partial charge in [0.1, 0.15) is 0 Å². The number of aryl methyl sites for hydroxylation is 1. The van der Waals surface area contributed by atoms with Crippen LogP contribution < -0.4 is 5.32 Å². The van der Waals surface area contributed by atoms with Gasteiger partial charge in [0.05, 0.1) is 10.4 Å². The quantitative estimate of drug-likeness (QED) is 0.388. The zero-order valence-electron chi connectivity index (χ0n) is 18.8. The molecule has 5 rings (SSSR count). The molecule has 0 atom stereocenters. The van der Waals surface area contributed by atoms with Gasteiger partial charge in [-0.25, -0.2) is 8.42 Å². The van der Waals surface area contributed by atoms with Crippen molar-refractivity contribution in [2.24, 2.45) is 0 Å². The predicted octanol–water partition coefficient (Wildman–Crippen LogP) is 4.10. The van der Waals surface area contributed by atoms with Crippen molar-refractivity contribution in [3.63, 3.8) is 0 Å². The second kappa shape index (κ2) is 9.36. The summed E-state index contributed by atoms with van der Waals surface area (Å²) in [6, 6.07) is 16.5. The van der Waals surface area contributed by atoms with E-state index in [2.05, 4.69) is 28.5 Å². The highest BCUT2D eigenvalue weighted by Gasteiger charge is 2.26. The molecular weight excluding hydrogens is 470 g/mol. The molecule has 1 aliphatic rings. The van der Waals surface area contributed by atoms with Crippen LogP contribution in [0.5, 0.6) is 0 Å². The molecule has 3 heterocycles. The maximum absolute atomic E-state index is 12.6. The van der Waals surface area contributed by atoms with Crippen molar-refractivity contribution in [3.8, 4) is 0 Å². The number of rotatable bonds is 7. The molecular formula is C24H25N5O3S2. The van der Waals surface area contributed by atoms with Crippen LogP contribution in [0.25, 0.3) is 16.6 Å². The first-order valence-corrected chi connectivity index (χ1v) is 13.6. The molecule has 176 valence electrons. The van der Waals surface area contributed by atoms with Crippen LogP contribution in [-0.4, -0.2) is 52.1 Å². The molecule has 8 nitrogen and oxygen atoms in total. The molecule has 0 unspecified atom stereocenters. The fraction of sp³-hybridized carbons (Fsp3) is 0.292.